The van der Waals surface area contributed by atoms with Gasteiger partial charge in [-0.25, -0.2) is 4.79 Å². The van der Waals surface area contributed by atoms with Gasteiger partial charge in [-0.1, -0.05) is 26.0 Å². The molecule has 3 aromatic carbocycles. The molecule has 0 bridgehead atoms. The van der Waals surface area contributed by atoms with E-state index in [4.69, 9.17) is 28.4 Å². The number of halogens is 3. The molecule has 1 fully saturated rings. The molecule has 3 aromatic rings. The number of hydrogen-bond acceptors (Lipinski definition) is 15. The fourth-order valence-electron chi connectivity index (χ4n) is 6.92. The van der Waals surface area contributed by atoms with Gasteiger partial charge in [0.15, 0.2) is 18.2 Å². The first-order valence-corrected chi connectivity index (χ1v) is 24.7. The summed E-state index contributed by atoms with van der Waals surface area (Å²) in [5.41, 5.74) is 1.41. The molecule has 5 N–H and O–H groups in total. The van der Waals surface area contributed by atoms with Crippen LogP contribution in [0.3, 0.4) is 0 Å². The number of urea groups is 1. The number of anilines is 1. The van der Waals surface area contributed by atoms with E-state index in [9.17, 15) is 46.7 Å². The lowest BCUT2D eigenvalue weighted by Gasteiger charge is -2.29. The lowest BCUT2D eigenvalue weighted by molar-refractivity contribution is -0.274. The van der Waals surface area contributed by atoms with Crippen molar-refractivity contribution in [2.45, 2.75) is 84.7 Å². The third kappa shape index (κ3) is 29.3. The van der Waals surface area contributed by atoms with Crippen LogP contribution >= 0.6 is 0 Å². The van der Waals surface area contributed by atoms with Gasteiger partial charge in [0.25, 0.3) is 5.91 Å². The molecule has 0 radical (unpaired) electrons. The molecule has 1 aliphatic carbocycles. The number of ether oxygens (including phenoxy) is 7. The van der Waals surface area contributed by atoms with Gasteiger partial charge in [-0.2, -0.15) is 0 Å². The summed E-state index contributed by atoms with van der Waals surface area (Å²) in [4.78, 5) is 79.7. The summed E-state index contributed by atoms with van der Waals surface area (Å²) in [5.74, 6) is 0.00709. The van der Waals surface area contributed by atoms with Crippen LogP contribution in [0.4, 0.5) is 23.7 Å². The molecular formula is C53H74F3N5O14. The summed E-state index contributed by atoms with van der Waals surface area (Å²) in [6, 6.07) is 16.1. The van der Waals surface area contributed by atoms with Gasteiger partial charge in [-0.15, -0.1) is 13.2 Å². The lowest BCUT2D eigenvalue weighted by Crippen LogP contribution is -2.41. The summed E-state index contributed by atoms with van der Waals surface area (Å²) in [7, 11) is 3.48. The zero-order chi connectivity index (χ0) is 55.4. The van der Waals surface area contributed by atoms with Gasteiger partial charge in [0.1, 0.15) is 29.8 Å². The number of rotatable bonds is 31. The van der Waals surface area contributed by atoms with Crippen molar-refractivity contribution in [3.63, 3.8) is 0 Å². The van der Waals surface area contributed by atoms with E-state index in [1.807, 2.05) is 20.9 Å². The molecule has 1 aliphatic rings. The monoisotopic (exact) mass is 1060 g/mol. The minimum atomic E-state index is -4.76. The van der Waals surface area contributed by atoms with E-state index in [1.165, 1.54) is 26.0 Å². The van der Waals surface area contributed by atoms with Crippen LogP contribution in [0.5, 0.6) is 17.2 Å². The van der Waals surface area contributed by atoms with Crippen molar-refractivity contribution in [3.8, 4) is 17.2 Å². The Morgan fingerprint density at radius 2 is 1.28 bits per heavy atom. The number of aldehydes is 2. The van der Waals surface area contributed by atoms with Crippen molar-refractivity contribution in [3.05, 3.63) is 83.4 Å². The number of likely N-dealkylation sites (N-methyl/N-ethyl adjacent to an activating group) is 1. The molecule has 1 saturated carbocycles. The molecule has 0 aromatic heterocycles. The smallest absolute Gasteiger partial charge is 0.490 e. The first-order valence-electron chi connectivity index (χ1n) is 24.7. The van der Waals surface area contributed by atoms with Crippen LogP contribution in [-0.2, 0) is 33.3 Å². The van der Waals surface area contributed by atoms with Crippen molar-refractivity contribution >= 4 is 47.7 Å². The molecule has 0 heterocycles. The summed E-state index contributed by atoms with van der Waals surface area (Å²) in [6.07, 6.45) is 1.10. The molecule has 19 nitrogen and oxygen atoms in total. The number of amides is 4. The normalized spacial score (nSPS) is 14.3. The minimum absolute atomic E-state index is 0.00231. The van der Waals surface area contributed by atoms with Crippen molar-refractivity contribution in [2.24, 2.45) is 11.8 Å². The zero-order valence-electron chi connectivity index (χ0n) is 43.7. The second-order valence-electron chi connectivity index (χ2n) is 17.2. The molecule has 416 valence electrons. The number of ketones is 2. The van der Waals surface area contributed by atoms with Crippen LogP contribution in [0.1, 0.15) is 97.3 Å². The zero-order valence-corrected chi connectivity index (χ0v) is 43.7. The van der Waals surface area contributed by atoms with Crippen LogP contribution in [0.2, 0.25) is 0 Å². The minimum Gasteiger partial charge on any atom is -0.490 e. The molecule has 1 atom stereocenters. The maximum atomic E-state index is 12.2. The molecule has 4 amide bonds. The Balaban J connectivity index is 0.000000423. The van der Waals surface area contributed by atoms with E-state index >= 15 is 0 Å². The second-order valence-corrected chi connectivity index (χ2v) is 17.2. The van der Waals surface area contributed by atoms with Gasteiger partial charge in [0.05, 0.1) is 64.5 Å². The fourth-order valence-corrected chi connectivity index (χ4v) is 6.92. The highest BCUT2D eigenvalue weighted by Crippen LogP contribution is 2.27. The average Bonchev–Trinajstić information content (AvgIpc) is 3.38. The molecular weight excluding hydrogens is 988 g/mol. The molecule has 0 spiro atoms. The second kappa shape index (κ2) is 37.3. The van der Waals surface area contributed by atoms with E-state index in [0.717, 1.165) is 56.9 Å². The Labute approximate surface area is 436 Å². The van der Waals surface area contributed by atoms with Crippen molar-refractivity contribution in [1.29, 1.82) is 0 Å². The highest BCUT2D eigenvalue weighted by atomic mass is 19.4. The molecule has 75 heavy (non-hydrogen) atoms. The first kappa shape index (κ1) is 64.7. The van der Waals surface area contributed by atoms with E-state index in [1.54, 1.807) is 49.5 Å². The Bertz CT molecular complexity index is 2160. The van der Waals surface area contributed by atoms with E-state index in [2.05, 4.69) is 31.3 Å². The third-order valence-electron chi connectivity index (χ3n) is 11.0. The predicted octanol–water partition coefficient (Wildman–Crippen LogP) is 6.77. The molecule has 0 aliphatic heterocycles. The van der Waals surface area contributed by atoms with E-state index in [0.29, 0.717) is 95.2 Å². The number of hydrogen-bond donors (Lipinski definition) is 5. The summed E-state index contributed by atoms with van der Waals surface area (Å²) >= 11 is 0. The molecule has 0 saturated heterocycles. The standard InChI is InChI=1S/C23H36N2O8.C21H21F3N2O4.C9H17NO2/c1-18(26)20-5-4-6-21(23(20)19(2)27)33-17-22(28)25-8-10-30-12-14-32-16-15-31-13-11-29-9-7-24-3;22-21(23,24)30-19-11-5-16(6-12-19)26-20(28)25-15-3-9-18(10-4-15)29-17-7-1-14(13-27)2-8-17;1-7(2)8(6-11)4-5-9(12)10-3/h4-6,24H,7-17H2,1-3H3,(H,25,28);1-2,5-8,11-13,15,18H,3-4,9-10H2,(H2,25,26,28);6-8H,4-5H2,1-3H3,(H,10,12). The topological polar surface area (TPSA) is 244 Å². The predicted molar refractivity (Wildman–Crippen MR) is 274 cm³/mol. The van der Waals surface area contributed by atoms with Crippen molar-refractivity contribution < 1.29 is 79.9 Å². The first-order chi connectivity index (χ1) is 35.9. The maximum Gasteiger partial charge on any atom is 0.573 e. The lowest BCUT2D eigenvalue weighted by atomic mass is 9.93. The quantitative estimate of drug-likeness (QED) is 0.0254. The van der Waals surface area contributed by atoms with E-state index in [-0.39, 0.29) is 70.7 Å². The highest BCUT2D eigenvalue weighted by Gasteiger charge is 2.31. The van der Waals surface area contributed by atoms with Crippen LogP contribution in [-0.4, -0.2) is 147 Å². The fraction of sp³-hybridized carbons (Fsp3) is 0.528. The molecule has 1 unspecified atom stereocenters. The summed E-state index contributed by atoms with van der Waals surface area (Å²) in [6.45, 7) is 11.4. The number of alkyl halides is 3. The van der Waals surface area contributed by atoms with Crippen LogP contribution in [0, 0.1) is 11.8 Å². The van der Waals surface area contributed by atoms with Gasteiger partial charge >= 0.3 is 12.4 Å². The summed E-state index contributed by atoms with van der Waals surface area (Å²) in [5, 5.41) is 13.6. The Hall–Kier alpha value is -6.46. The molecule has 22 heteroatoms. The average molecular weight is 1060 g/mol. The van der Waals surface area contributed by atoms with Crippen LogP contribution in [0.15, 0.2) is 66.7 Å². The van der Waals surface area contributed by atoms with Crippen LogP contribution in [0.25, 0.3) is 0 Å². The maximum absolute atomic E-state index is 12.2. The molecule has 4 rings (SSSR count). The SMILES string of the molecule is CNC(=O)CCC(C=O)C(C)C.CNCCOCCOCCOCCOCCNC(=O)COc1cccc(C(C)=O)c1C(C)=O.O=Cc1ccc(OC2CCC(NC(=O)Nc3ccc(OC(F)(F)F)cc3)CC2)cc1. The number of carbonyl (C=O) groups is 7. The summed E-state index contributed by atoms with van der Waals surface area (Å²) < 4.78 is 73.2. The van der Waals surface area contributed by atoms with Crippen molar-refractivity contribution in [1.82, 2.24) is 21.3 Å². The van der Waals surface area contributed by atoms with Gasteiger partial charge < -0.3 is 64.5 Å². The van der Waals surface area contributed by atoms with Crippen LogP contribution < -0.4 is 40.8 Å². The van der Waals surface area contributed by atoms with Gasteiger partial charge in [0.2, 0.25) is 5.91 Å². The number of benzene rings is 3. The van der Waals surface area contributed by atoms with Crippen molar-refractivity contribution in [2.75, 3.05) is 92.0 Å². The Morgan fingerprint density at radius 1 is 0.707 bits per heavy atom. The van der Waals surface area contributed by atoms with Gasteiger partial charge in [-0.3, -0.25) is 24.0 Å². The Kier molecular flexibility index (Phi) is 32.2. The third-order valence-corrected chi connectivity index (χ3v) is 11.0. The number of carbonyl (C=O) groups excluding carboxylic acids is 7. The number of Topliss-reactive ketones (excluding diaryl/α,β-unsaturated/α-hetero) is 2. The van der Waals surface area contributed by atoms with Gasteiger partial charge in [0, 0.05) is 55.3 Å². The Morgan fingerprint density at radius 3 is 1.79 bits per heavy atom. The van der Waals surface area contributed by atoms with E-state index < -0.39 is 12.4 Å². The number of nitrogens with one attached hydrogen (secondary N) is 5. The largest absolute Gasteiger partial charge is 0.573 e. The highest BCUT2D eigenvalue weighted by molar-refractivity contribution is 6.09. The van der Waals surface area contributed by atoms with Gasteiger partial charge in [-0.05, 0) is 114 Å².